The van der Waals surface area contributed by atoms with Crippen molar-refractivity contribution in [3.05, 3.63) is 76.0 Å². The Morgan fingerprint density at radius 3 is 2.87 bits per heavy atom. The number of fused-ring (bicyclic) bond motifs is 2. The summed E-state index contributed by atoms with van der Waals surface area (Å²) in [5.41, 5.74) is 0.134. The quantitative estimate of drug-likeness (QED) is 0.507. The van der Waals surface area contributed by atoms with Gasteiger partial charge < -0.3 is 19.5 Å². The summed E-state index contributed by atoms with van der Waals surface area (Å²) in [4.78, 5) is 37.4. The van der Waals surface area contributed by atoms with Gasteiger partial charge in [-0.2, -0.15) is 5.10 Å². The number of aryl methyl sites for hydroxylation is 1. The SMILES string of the molecule is Cn1nc(NC(=O)c2cc3ccccc3oc2=O)c2c1NC(=O)C[C@@H]2c1ccco1. The Morgan fingerprint density at radius 1 is 1.23 bits per heavy atom. The van der Waals surface area contributed by atoms with E-state index in [-0.39, 0.29) is 23.7 Å². The number of rotatable bonds is 3. The number of carbonyl (C=O) groups excluding carboxylic acids is 2. The minimum Gasteiger partial charge on any atom is -0.469 e. The van der Waals surface area contributed by atoms with E-state index in [1.807, 2.05) is 0 Å². The maximum absolute atomic E-state index is 12.9. The first kappa shape index (κ1) is 17.9. The predicted molar refractivity (Wildman–Crippen MR) is 107 cm³/mol. The van der Waals surface area contributed by atoms with Crippen molar-refractivity contribution in [1.82, 2.24) is 9.78 Å². The highest BCUT2D eigenvalue weighted by molar-refractivity contribution is 6.06. The Morgan fingerprint density at radius 2 is 2.07 bits per heavy atom. The zero-order valence-electron chi connectivity index (χ0n) is 15.8. The molecular formula is C21H16N4O5. The first-order valence-corrected chi connectivity index (χ1v) is 9.25. The van der Waals surface area contributed by atoms with Crippen LogP contribution in [-0.4, -0.2) is 21.6 Å². The molecule has 1 aliphatic rings. The molecule has 1 aromatic carbocycles. The van der Waals surface area contributed by atoms with E-state index in [9.17, 15) is 14.4 Å². The van der Waals surface area contributed by atoms with Gasteiger partial charge in [0, 0.05) is 18.9 Å². The van der Waals surface area contributed by atoms with Crippen LogP contribution in [0.4, 0.5) is 11.6 Å². The van der Waals surface area contributed by atoms with Crippen molar-refractivity contribution in [3.8, 4) is 0 Å². The predicted octanol–water partition coefficient (Wildman–Crippen LogP) is 2.85. The molecule has 0 aliphatic carbocycles. The number of benzene rings is 1. The van der Waals surface area contributed by atoms with Crippen LogP contribution in [0.15, 0.2) is 62.4 Å². The Bertz CT molecular complexity index is 1350. The van der Waals surface area contributed by atoms with Crippen molar-refractivity contribution in [2.24, 2.45) is 7.05 Å². The molecule has 0 saturated carbocycles. The summed E-state index contributed by atoms with van der Waals surface area (Å²) in [6, 6.07) is 11.9. The van der Waals surface area contributed by atoms with Gasteiger partial charge in [-0.3, -0.25) is 14.3 Å². The van der Waals surface area contributed by atoms with Crippen molar-refractivity contribution < 1.29 is 18.4 Å². The molecule has 4 aromatic rings. The number of nitrogens with zero attached hydrogens (tertiary/aromatic N) is 2. The summed E-state index contributed by atoms with van der Waals surface area (Å²) in [6.07, 6.45) is 1.67. The number of anilines is 2. The van der Waals surface area contributed by atoms with E-state index < -0.39 is 17.5 Å². The molecule has 1 aliphatic heterocycles. The maximum Gasteiger partial charge on any atom is 0.349 e. The highest BCUT2D eigenvalue weighted by atomic mass is 16.4. The van der Waals surface area contributed by atoms with E-state index >= 15 is 0 Å². The number of hydrogen-bond acceptors (Lipinski definition) is 6. The van der Waals surface area contributed by atoms with Crippen LogP contribution in [0.5, 0.6) is 0 Å². The molecule has 30 heavy (non-hydrogen) atoms. The number of nitrogens with one attached hydrogen (secondary N) is 2. The molecule has 0 spiro atoms. The molecule has 2 N–H and O–H groups in total. The van der Waals surface area contributed by atoms with Gasteiger partial charge in [0.05, 0.1) is 17.7 Å². The fourth-order valence-corrected chi connectivity index (χ4v) is 3.71. The van der Waals surface area contributed by atoms with Crippen LogP contribution in [0.2, 0.25) is 0 Å². The van der Waals surface area contributed by atoms with E-state index in [1.165, 1.54) is 17.0 Å². The van der Waals surface area contributed by atoms with E-state index in [0.717, 1.165) is 0 Å². The molecule has 3 aromatic heterocycles. The lowest BCUT2D eigenvalue weighted by Gasteiger charge is -2.22. The van der Waals surface area contributed by atoms with Gasteiger partial charge in [0.1, 0.15) is 22.7 Å². The second kappa shape index (κ2) is 6.73. The van der Waals surface area contributed by atoms with E-state index in [4.69, 9.17) is 8.83 Å². The fraction of sp³-hybridized carbons (Fsp3) is 0.143. The number of carbonyl (C=O) groups is 2. The zero-order chi connectivity index (χ0) is 20.8. The Hall–Kier alpha value is -4.14. The summed E-state index contributed by atoms with van der Waals surface area (Å²) in [5, 5.41) is 10.4. The third-order valence-corrected chi connectivity index (χ3v) is 5.08. The van der Waals surface area contributed by atoms with Crippen LogP contribution in [0.25, 0.3) is 11.0 Å². The minimum absolute atomic E-state index is 0.137. The molecule has 1 atom stereocenters. The van der Waals surface area contributed by atoms with Gasteiger partial charge in [-0.15, -0.1) is 0 Å². The van der Waals surface area contributed by atoms with Crippen LogP contribution < -0.4 is 16.3 Å². The minimum atomic E-state index is -0.744. The number of aromatic nitrogens is 2. The van der Waals surface area contributed by atoms with Crippen molar-refractivity contribution >= 4 is 34.4 Å². The van der Waals surface area contributed by atoms with Crippen molar-refractivity contribution in [2.45, 2.75) is 12.3 Å². The van der Waals surface area contributed by atoms with Crippen LogP contribution in [0.3, 0.4) is 0 Å². The van der Waals surface area contributed by atoms with Crippen LogP contribution in [-0.2, 0) is 11.8 Å². The number of amides is 2. The molecule has 0 radical (unpaired) electrons. The molecule has 0 fully saturated rings. The molecule has 0 bridgehead atoms. The molecule has 5 rings (SSSR count). The van der Waals surface area contributed by atoms with Gasteiger partial charge in [-0.05, 0) is 24.3 Å². The average molecular weight is 404 g/mol. The molecule has 0 unspecified atom stereocenters. The lowest BCUT2D eigenvalue weighted by atomic mass is 9.91. The highest BCUT2D eigenvalue weighted by Crippen LogP contribution is 2.41. The molecule has 2 amide bonds. The van der Waals surface area contributed by atoms with Crippen LogP contribution >= 0.6 is 0 Å². The van der Waals surface area contributed by atoms with E-state index in [2.05, 4.69) is 15.7 Å². The van der Waals surface area contributed by atoms with Gasteiger partial charge >= 0.3 is 5.63 Å². The van der Waals surface area contributed by atoms with Gasteiger partial charge in [0.2, 0.25) is 5.91 Å². The summed E-state index contributed by atoms with van der Waals surface area (Å²) in [6.45, 7) is 0. The summed E-state index contributed by atoms with van der Waals surface area (Å²) >= 11 is 0. The first-order chi connectivity index (χ1) is 14.5. The summed E-state index contributed by atoms with van der Waals surface area (Å²) in [5.74, 6) is 0.0472. The van der Waals surface area contributed by atoms with Crippen LogP contribution in [0.1, 0.15) is 34.0 Å². The summed E-state index contributed by atoms with van der Waals surface area (Å²) in [7, 11) is 1.66. The average Bonchev–Trinajstić information content (AvgIpc) is 3.36. The fourth-order valence-electron chi connectivity index (χ4n) is 3.71. The molecule has 9 heteroatoms. The third-order valence-electron chi connectivity index (χ3n) is 5.08. The lowest BCUT2D eigenvalue weighted by molar-refractivity contribution is -0.116. The van der Waals surface area contributed by atoms with E-state index in [0.29, 0.717) is 28.1 Å². The Balaban J connectivity index is 1.56. The largest absolute Gasteiger partial charge is 0.469 e. The molecule has 0 saturated heterocycles. The molecule has 150 valence electrons. The second-order valence-corrected chi connectivity index (χ2v) is 6.99. The third kappa shape index (κ3) is 2.87. The Labute approximate surface area is 169 Å². The number of furan rings is 1. The standard InChI is InChI=1S/C21H16N4O5/c1-25-19-17(12(10-16(26)22-19)15-7-4-8-29-15)18(24-25)23-20(27)13-9-11-5-2-3-6-14(11)30-21(13)28/h2-9,12H,10H2,1H3,(H,22,26)(H,23,24,27)/t12-/m1/s1. The van der Waals surface area contributed by atoms with Crippen molar-refractivity contribution in [1.29, 1.82) is 0 Å². The molecule has 9 nitrogen and oxygen atoms in total. The number of para-hydroxylation sites is 1. The van der Waals surface area contributed by atoms with Gasteiger partial charge in [-0.1, -0.05) is 18.2 Å². The first-order valence-electron chi connectivity index (χ1n) is 9.25. The van der Waals surface area contributed by atoms with Crippen molar-refractivity contribution in [2.75, 3.05) is 10.6 Å². The molecular weight excluding hydrogens is 388 g/mol. The zero-order valence-corrected chi connectivity index (χ0v) is 15.8. The van der Waals surface area contributed by atoms with E-state index in [1.54, 1.807) is 43.4 Å². The Kier molecular flexibility index (Phi) is 4.02. The van der Waals surface area contributed by atoms with Crippen molar-refractivity contribution in [3.63, 3.8) is 0 Å². The van der Waals surface area contributed by atoms with Gasteiger partial charge in [0.15, 0.2) is 5.82 Å². The topological polar surface area (TPSA) is 119 Å². The monoisotopic (exact) mass is 404 g/mol. The highest BCUT2D eigenvalue weighted by Gasteiger charge is 2.35. The number of hydrogen-bond donors (Lipinski definition) is 2. The summed E-state index contributed by atoms with van der Waals surface area (Å²) < 4.78 is 12.2. The smallest absolute Gasteiger partial charge is 0.349 e. The normalized spacial score (nSPS) is 15.6. The van der Waals surface area contributed by atoms with Gasteiger partial charge in [-0.25, -0.2) is 4.79 Å². The molecule has 4 heterocycles. The van der Waals surface area contributed by atoms with Crippen LogP contribution in [0, 0.1) is 0 Å². The second-order valence-electron chi connectivity index (χ2n) is 6.99. The van der Waals surface area contributed by atoms with Gasteiger partial charge in [0.25, 0.3) is 5.91 Å². The maximum atomic E-state index is 12.9. The lowest BCUT2D eigenvalue weighted by Crippen LogP contribution is -2.25.